The topological polar surface area (TPSA) is 69.8 Å². The molecule has 0 bridgehead atoms. The van der Waals surface area contributed by atoms with E-state index in [2.05, 4.69) is 20.6 Å². The van der Waals surface area contributed by atoms with E-state index >= 15 is 0 Å². The second kappa shape index (κ2) is 7.33. The van der Waals surface area contributed by atoms with E-state index in [1.807, 2.05) is 31.2 Å². The van der Waals surface area contributed by atoms with E-state index in [0.717, 1.165) is 30.9 Å². The van der Waals surface area contributed by atoms with Crippen molar-refractivity contribution in [3.63, 3.8) is 0 Å². The van der Waals surface area contributed by atoms with Gasteiger partial charge in [0.05, 0.1) is 5.56 Å². The average Bonchev–Trinajstić information content (AvgIpc) is 2.97. The van der Waals surface area contributed by atoms with Crippen LogP contribution in [0.2, 0.25) is 0 Å². The van der Waals surface area contributed by atoms with Crippen molar-refractivity contribution in [1.82, 2.24) is 15.3 Å². The summed E-state index contributed by atoms with van der Waals surface area (Å²) in [6.07, 6.45) is 5.24. The summed E-state index contributed by atoms with van der Waals surface area (Å²) in [5.74, 6) is 0.910. The van der Waals surface area contributed by atoms with Crippen LogP contribution in [-0.4, -0.2) is 29.0 Å². The minimum atomic E-state index is -0.0407. The van der Waals surface area contributed by atoms with Crippen molar-refractivity contribution in [3.05, 3.63) is 48.0 Å². The van der Waals surface area contributed by atoms with E-state index in [0.29, 0.717) is 12.1 Å². The van der Waals surface area contributed by atoms with Crippen molar-refractivity contribution in [3.8, 4) is 0 Å². The summed E-state index contributed by atoms with van der Waals surface area (Å²) >= 11 is 0. The van der Waals surface area contributed by atoms with Gasteiger partial charge in [-0.25, -0.2) is 4.98 Å². The zero-order valence-electron chi connectivity index (χ0n) is 11.6. The van der Waals surface area contributed by atoms with Crippen LogP contribution >= 0.6 is 0 Å². The summed E-state index contributed by atoms with van der Waals surface area (Å²) < 4.78 is 0. The number of anilines is 1. The van der Waals surface area contributed by atoms with E-state index in [1.54, 1.807) is 12.4 Å². The van der Waals surface area contributed by atoms with Crippen molar-refractivity contribution in [2.75, 3.05) is 18.4 Å². The van der Waals surface area contributed by atoms with Gasteiger partial charge in [0.2, 0.25) is 0 Å². The Bertz CT molecular complexity index is 537. The number of benzene rings is 1. The monoisotopic (exact) mass is 272 g/mol. The van der Waals surface area contributed by atoms with Crippen LogP contribution < -0.4 is 10.6 Å². The Kier molecular flexibility index (Phi) is 5.17. The fraction of sp³-hybridized carbons (Fsp3) is 0.333. The fourth-order valence-electron chi connectivity index (χ4n) is 2.01. The molecule has 5 heteroatoms. The number of aromatic amines is 1. The number of imidazole rings is 1. The van der Waals surface area contributed by atoms with Crippen molar-refractivity contribution in [2.45, 2.75) is 19.8 Å². The first-order chi connectivity index (χ1) is 9.81. The van der Waals surface area contributed by atoms with Crippen LogP contribution in [0, 0.1) is 0 Å². The molecule has 106 valence electrons. The molecule has 5 nitrogen and oxygen atoms in total. The Morgan fingerprint density at radius 2 is 2.20 bits per heavy atom. The van der Waals surface area contributed by atoms with Gasteiger partial charge in [0.1, 0.15) is 5.82 Å². The van der Waals surface area contributed by atoms with Crippen molar-refractivity contribution >= 4 is 11.6 Å². The minimum absolute atomic E-state index is 0.0407. The number of rotatable bonds is 7. The third-order valence-corrected chi connectivity index (χ3v) is 2.97. The molecule has 0 radical (unpaired) electrons. The average molecular weight is 272 g/mol. The van der Waals surface area contributed by atoms with Gasteiger partial charge in [-0.1, -0.05) is 12.1 Å². The first-order valence-corrected chi connectivity index (χ1v) is 6.90. The quantitative estimate of drug-likeness (QED) is 0.677. The Morgan fingerprint density at radius 1 is 1.35 bits per heavy atom. The molecule has 0 aliphatic rings. The normalized spacial score (nSPS) is 10.2. The fourth-order valence-corrected chi connectivity index (χ4v) is 2.01. The number of aryl methyl sites for hydroxylation is 1. The molecule has 1 amide bonds. The molecule has 1 aromatic heterocycles. The highest BCUT2D eigenvalue weighted by Crippen LogP contribution is 2.14. The third-order valence-electron chi connectivity index (χ3n) is 2.97. The maximum Gasteiger partial charge on any atom is 0.253 e. The highest BCUT2D eigenvalue weighted by Gasteiger charge is 2.09. The lowest BCUT2D eigenvalue weighted by Gasteiger charge is -2.10. The Labute approximate surface area is 118 Å². The van der Waals surface area contributed by atoms with Gasteiger partial charge >= 0.3 is 0 Å². The third kappa shape index (κ3) is 3.85. The second-order valence-corrected chi connectivity index (χ2v) is 4.47. The van der Waals surface area contributed by atoms with Gasteiger partial charge in [-0.15, -0.1) is 0 Å². The van der Waals surface area contributed by atoms with Crippen molar-refractivity contribution in [1.29, 1.82) is 0 Å². The van der Waals surface area contributed by atoms with Gasteiger partial charge in [-0.2, -0.15) is 0 Å². The summed E-state index contributed by atoms with van der Waals surface area (Å²) in [7, 11) is 0. The molecule has 0 fully saturated rings. The molecule has 20 heavy (non-hydrogen) atoms. The van der Waals surface area contributed by atoms with Gasteiger partial charge in [0.15, 0.2) is 0 Å². The lowest BCUT2D eigenvalue weighted by Crippen LogP contribution is -2.25. The maximum atomic E-state index is 12.1. The number of aromatic nitrogens is 2. The number of amides is 1. The molecule has 2 rings (SSSR count). The number of nitrogens with zero attached hydrogens (tertiary/aromatic N) is 1. The van der Waals surface area contributed by atoms with Gasteiger partial charge in [-0.3, -0.25) is 4.79 Å². The number of carbonyl (C=O) groups excluding carboxylic acids is 1. The summed E-state index contributed by atoms with van der Waals surface area (Å²) in [4.78, 5) is 19.3. The van der Waals surface area contributed by atoms with E-state index in [1.165, 1.54) is 0 Å². The predicted molar refractivity (Wildman–Crippen MR) is 79.8 cm³/mol. The molecule has 0 saturated heterocycles. The van der Waals surface area contributed by atoms with Crippen molar-refractivity contribution in [2.24, 2.45) is 0 Å². The number of hydrogen-bond acceptors (Lipinski definition) is 3. The number of carbonyl (C=O) groups is 1. The predicted octanol–water partition coefficient (Wildman–Crippen LogP) is 2.20. The van der Waals surface area contributed by atoms with Crippen molar-refractivity contribution < 1.29 is 4.79 Å². The molecule has 1 aromatic carbocycles. The standard InChI is InChI=1S/C15H20N4O/c1-2-16-13-7-4-3-6-12(13)15(20)19-9-5-8-14-17-10-11-18-14/h3-4,6-7,10-11,16H,2,5,8-9H2,1H3,(H,17,18)(H,19,20). The molecule has 0 atom stereocenters. The van der Waals surface area contributed by atoms with Gasteiger partial charge < -0.3 is 15.6 Å². The number of H-pyrrole nitrogens is 1. The first kappa shape index (κ1) is 14.1. The molecule has 1 heterocycles. The Balaban J connectivity index is 1.82. The summed E-state index contributed by atoms with van der Waals surface area (Å²) in [6, 6.07) is 7.55. The molecular formula is C15H20N4O. The van der Waals surface area contributed by atoms with Crippen LogP contribution in [0.15, 0.2) is 36.7 Å². The van der Waals surface area contributed by atoms with Gasteiger partial charge in [0.25, 0.3) is 5.91 Å². The SMILES string of the molecule is CCNc1ccccc1C(=O)NCCCc1ncc[nH]1. The minimum Gasteiger partial charge on any atom is -0.385 e. The van der Waals surface area contributed by atoms with E-state index < -0.39 is 0 Å². The molecular weight excluding hydrogens is 252 g/mol. The van der Waals surface area contributed by atoms with E-state index in [-0.39, 0.29) is 5.91 Å². The second-order valence-electron chi connectivity index (χ2n) is 4.47. The van der Waals surface area contributed by atoms with Crippen LogP contribution in [0.4, 0.5) is 5.69 Å². The van der Waals surface area contributed by atoms with Crippen LogP contribution in [-0.2, 0) is 6.42 Å². The molecule has 0 unspecified atom stereocenters. The summed E-state index contributed by atoms with van der Waals surface area (Å²) in [5.41, 5.74) is 1.56. The summed E-state index contributed by atoms with van der Waals surface area (Å²) in [5, 5.41) is 6.13. The smallest absolute Gasteiger partial charge is 0.253 e. The highest BCUT2D eigenvalue weighted by molar-refractivity contribution is 5.99. The van der Waals surface area contributed by atoms with E-state index in [9.17, 15) is 4.79 Å². The van der Waals surface area contributed by atoms with Crippen LogP contribution in [0.5, 0.6) is 0 Å². The Morgan fingerprint density at radius 3 is 2.95 bits per heavy atom. The largest absolute Gasteiger partial charge is 0.385 e. The summed E-state index contributed by atoms with van der Waals surface area (Å²) in [6.45, 7) is 3.45. The molecule has 2 aromatic rings. The number of hydrogen-bond donors (Lipinski definition) is 3. The zero-order chi connectivity index (χ0) is 14.2. The van der Waals surface area contributed by atoms with Crippen LogP contribution in [0.1, 0.15) is 29.5 Å². The van der Waals surface area contributed by atoms with Gasteiger partial charge in [-0.05, 0) is 25.5 Å². The van der Waals surface area contributed by atoms with E-state index in [4.69, 9.17) is 0 Å². The zero-order valence-corrected chi connectivity index (χ0v) is 11.6. The highest BCUT2D eigenvalue weighted by atomic mass is 16.1. The molecule has 0 aliphatic heterocycles. The number of para-hydroxylation sites is 1. The van der Waals surface area contributed by atoms with Crippen LogP contribution in [0.25, 0.3) is 0 Å². The lowest BCUT2D eigenvalue weighted by atomic mass is 10.1. The first-order valence-electron chi connectivity index (χ1n) is 6.90. The maximum absolute atomic E-state index is 12.1. The molecule has 3 N–H and O–H groups in total. The van der Waals surface area contributed by atoms with Crippen LogP contribution in [0.3, 0.4) is 0 Å². The molecule has 0 saturated carbocycles. The molecule has 0 spiro atoms. The molecule has 0 aliphatic carbocycles. The Hall–Kier alpha value is -2.30. The number of nitrogens with one attached hydrogen (secondary N) is 3. The van der Waals surface area contributed by atoms with Gasteiger partial charge in [0, 0.05) is 37.6 Å². The lowest BCUT2D eigenvalue weighted by molar-refractivity contribution is 0.0954.